The van der Waals surface area contributed by atoms with Crippen LogP contribution in [0.25, 0.3) is 0 Å². The van der Waals surface area contributed by atoms with Crippen molar-refractivity contribution < 1.29 is 9.59 Å². The number of amides is 3. The lowest BCUT2D eigenvalue weighted by atomic mass is 10.0. The molecule has 3 heterocycles. The fraction of sp³-hybridized carbons (Fsp3) is 0.421. The third kappa shape index (κ3) is 3.29. The molecule has 0 saturated carbocycles. The number of imidazole rings is 1. The second kappa shape index (κ2) is 7.19. The fourth-order valence-electron chi connectivity index (χ4n) is 3.68. The molecule has 2 aliphatic heterocycles. The summed E-state index contributed by atoms with van der Waals surface area (Å²) in [4.78, 5) is 31.3. The summed E-state index contributed by atoms with van der Waals surface area (Å²) in [6, 6.07) is 8.57. The van der Waals surface area contributed by atoms with Crippen molar-refractivity contribution in [3.05, 3.63) is 53.6 Å². The molecule has 0 aliphatic carbocycles. The van der Waals surface area contributed by atoms with E-state index in [1.165, 1.54) is 12.8 Å². The molecule has 4 rings (SSSR count). The quantitative estimate of drug-likeness (QED) is 0.880. The van der Waals surface area contributed by atoms with Crippen LogP contribution in [0, 0.1) is 0 Å². The number of aryl methyl sites for hydroxylation is 2. The number of nitrogens with one attached hydrogen (secondary N) is 2. The number of fused-ring (bicyclic) bond motifs is 1. The van der Waals surface area contributed by atoms with Gasteiger partial charge in [0.05, 0.1) is 12.2 Å². The van der Waals surface area contributed by atoms with Gasteiger partial charge in [-0.15, -0.1) is 0 Å². The highest BCUT2D eigenvalue weighted by Gasteiger charge is 2.34. The van der Waals surface area contributed by atoms with Crippen molar-refractivity contribution in [3.63, 3.8) is 0 Å². The standard InChI is InChI=1S/C19H23N5O2/c25-18-17(14-6-2-1-3-7-14)24(11-9-20-18)19(26)21-12-15-13-23-10-5-4-8-16(23)22-15/h1-3,6-7,13,17H,4-5,8-12H2,(H,20,25)(H,21,26). The summed E-state index contributed by atoms with van der Waals surface area (Å²) in [6.07, 6.45) is 5.37. The van der Waals surface area contributed by atoms with Gasteiger partial charge in [-0.1, -0.05) is 30.3 Å². The molecule has 1 unspecified atom stereocenters. The lowest BCUT2D eigenvalue weighted by molar-refractivity contribution is -0.127. The Morgan fingerprint density at radius 1 is 1.23 bits per heavy atom. The zero-order valence-corrected chi connectivity index (χ0v) is 14.6. The molecule has 0 spiro atoms. The molecule has 2 aliphatic rings. The monoisotopic (exact) mass is 353 g/mol. The fourth-order valence-corrected chi connectivity index (χ4v) is 3.68. The van der Waals surface area contributed by atoms with Crippen LogP contribution < -0.4 is 10.6 Å². The van der Waals surface area contributed by atoms with Crippen LogP contribution in [0.1, 0.15) is 36.0 Å². The first-order chi connectivity index (χ1) is 12.7. The Hall–Kier alpha value is -2.83. The normalized spacial score (nSPS) is 19.6. The lowest BCUT2D eigenvalue weighted by Gasteiger charge is -2.35. The zero-order valence-electron chi connectivity index (χ0n) is 14.6. The number of carbonyl (C=O) groups is 2. The van der Waals surface area contributed by atoms with Crippen LogP contribution in [0.5, 0.6) is 0 Å². The molecule has 0 bridgehead atoms. The summed E-state index contributed by atoms with van der Waals surface area (Å²) >= 11 is 0. The third-order valence-electron chi connectivity index (χ3n) is 4.97. The van der Waals surface area contributed by atoms with E-state index >= 15 is 0 Å². The molecular weight excluding hydrogens is 330 g/mol. The minimum absolute atomic E-state index is 0.143. The van der Waals surface area contributed by atoms with E-state index in [1.54, 1.807) is 4.90 Å². The first kappa shape index (κ1) is 16.6. The van der Waals surface area contributed by atoms with Gasteiger partial charge in [-0.05, 0) is 18.4 Å². The van der Waals surface area contributed by atoms with Crippen molar-refractivity contribution in [3.8, 4) is 0 Å². The maximum absolute atomic E-state index is 12.7. The number of carbonyl (C=O) groups excluding carboxylic acids is 2. The van der Waals surface area contributed by atoms with E-state index in [1.807, 2.05) is 36.5 Å². The van der Waals surface area contributed by atoms with E-state index in [0.29, 0.717) is 19.6 Å². The van der Waals surface area contributed by atoms with Crippen molar-refractivity contribution in [2.24, 2.45) is 0 Å². The van der Waals surface area contributed by atoms with Crippen molar-refractivity contribution in [2.45, 2.75) is 38.4 Å². The Labute approximate surface area is 152 Å². The molecule has 7 nitrogen and oxygen atoms in total. The number of hydrogen-bond donors (Lipinski definition) is 2. The SMILES string of the molecule is O=C1NCCN(C(=O)NCc2cn3c(n2)CCCC3)C1c1ccccc1. The van der Waals surface area contributed by atoms with Gasteiger partial charge in [0, 0.05) is 32.3 Å². The maximum Gasteiger partial charge on any atom is 0.318 e. The second-order valence-corrected chi connectivity index (χ2v) is 6.76. The summed E-state index contributed by atoms with van der Waals surface area (Å²) in [5.74, 6) is 0.954. The number of urea groups is 1. The number of rotatable bonds is 3. The van der Waals surface area contributed by atoms with Gasteiger partial charge in [0.15, 0.2) is 0 Å². The van der Waals surface area contributed by atoms with Crippen LogP contribution in [0.15, 0.2) is 36.5 Å². The molecule has 136 valence electrons. The third-order valence-corrected chi connectivity index (χ3v) is 4.97. The molecule has 1 aromatic heterocycles. The van der Waals surface area contributed by atoms with E-state index in [2.05, 4.69) is 20.2 Å². The Morgan fingerprint density at radius 3 is 2.88 bits per heavy atom. The van der Waals surface area contributed by atoms with E-state index in [4.69, 9.17) is 0 Å². The number of piperazine rings is 1. The summed E-state index contributed by atoms with van der Waals surface area (Å²) < 4.78 is 2.17. The van der Waals surface area contributed by atoms with Crippen molar-refractivity contribution in [1.29, 1.82) is 0 Å². The molecule has 26 heavy (non-hydrogen) atoms. The van der Waals surface area contributed by atoms with E-state index < -0.39 is 6.04 Å². The predicted octanol–water partition coefficient (Wildman–Crippen LogP) is 1.60. The van der Waals surface area contributed by atoms with Crippen LogP contribution in [-0.2, 0) is 24.3 Å². The molecule has 0 radical (unpaired) electrons. The van der Waals surface area contributed by atoms with Gasteiger partial charge in [0.1, 0.15) is 11.9 Å². The summed E-state index contributed by atoms with van der Waals surface area (Å²) in [6.45, 7) is 2.32. The van der Waals surface area contributed by atoms with Gasteiger partial charge >= 0.3 is 6.03 Å². The number of nitrogens with zero attached hydrogens (tertiary/aromatic N) is 3. The molecule has 1 fully saturated rings. The molecular formula is C19H23N5O2. The highest BCUT2D eigenvalue weighted by atomic mass is 16.2. The average Bonchev–Trinajstić information content (AvgIpc) is 3.09. The number of aromatic nitrogens is 2. The van der Waals surface area contributed by atoms with Crippen LogP contribution in [0.2, 0.25) is 0 Å². The highest BCUT2D eigenvalue weighted by molar-refractivity contribution is 5.89. The van der Waals surface area contributed by atoms with Gasteiger partial charge in [-0.25, -0.2) is 9.78 Å². The molecule has 7 heteroatoms. The highest BCUT2D eigenvalue weighted by Crippen LogP contribution is 2.23. The summed E-state index contributed by atoms with van der Waals surface area (Å²) in [5.41, 5.74) is 1.69. The van der Waals surface area contributed by atoms with Gasteiger partial charge in [0.25, 0.3) is 0 Å². The largest absolute Gasteiger partial charge is 0.352 e. The Bertz CT molecular complexity index is 778. The molecule has 1 aromatic carbocycles. The maximum atomic E-state index is 12.7. The van der Waals surface area contributed by atoms with E-state index in [-0.39, 0.29) is 11.9 Å². The second-order valence-electron chi connectivity index (χ2n) is 6.76. The molecule has 1 saturated heterocycles. The van der Waals surface area contributed by atoms with Crippen molar-refractivity contribution >= 4 is 11.9 Å². The van der Waals surface area contributed by atoms with Crippen molar-refractivity contribution in [1.82, 2.24) is 25.1 Å². The minimum atomic E-state index is -0.597. The van der Waals surface area contributed by atoms with E-state index in [0.717, 1.165) is 30.0 Å². The van der Waals surface area contributed by atoms with Gasteiger partial charge in [-0.3, -0.25) is 4.79 Å². The first-order valence-corrected chi connectivity index (χ1v) is 9.14. The molecule has 2 aromatic rings. The Morgan fingerprint density at radius 2 is 2.08 bits per heavy atom. The van der Waals surface area contributed by atoms with E-state index in [9.17, 15) is 9.59 Å². The minimum Gasteiger partial charge on any atom is -0.352 e. The van der Waals surface area contributed by atoms with Gasteiger partial charge < -0.3 is 20.1 Å². The van der Waals surface area contributed by atoms with Crippen molar-refractivity contribution in [2.75, 3.05) is 13.1 Å². The molecule has 1 atom stereocenters. The first-order valence-electron chi connectivity index (χ1n) is 9.14. The molecule has 3 amide bonds. The van der Waals surface area contributed by atoms with Gasteiger partial charge in [0.2, 0.25) is 5.91 Å². The lowest BCUT2D eigenvalue weighted by Crippen LogP contribution is -2.54. The van der Waals surface area contributed by atoms with Crippen LogP contribution in [0.3, 0.4) is 0 Å². The topological polar surface area (TPSA) is 79.3 Å². The number of benzene rings is 1. The van der Waals surface area contributed by atoms with Crippen LogP contribution >= 0.6 is 0 Å². The average molecular weight is 353 g/mol. The van der Waals surface area contributed by atoms with Gasteiger partial charge in [-0.2, -0.15) is 0 Å². The molecule has 2 N–H and O–H groups in total. The van der Waals surface area contributed by atoms with Crippen LogP contribution in [-0.4, -0.2) is 39.5 Å². The zero-order chi connectivity index (χ0) is 17.9. The van der Waals surface area contributed by atoms with Crippen LogP contribution in [0.4, 0.5) is 4.79 Å². The smallest absolute Gasteiger partial charge is 0.318 e. The summed E-state index contributed by atoms with van der Waals surface area (Å²) in [5, 5.41) is 5.78. The Balaban J connectivity index is 1.45. The predicted molar refractivity (Wildman–Crippen MR) is 96.3 cm³/mol. The summed E-state index contributed by atoms with van der Waals surface area (Å²) in [7, 11) is 0. The Kier molecular flexibility index (Phi) is 4.60. The number of hydrogen-bond acceptors (Lipinski definition) is 3.